The van der Waals surface area contributed by atoms with Gasteiger partial charge in [-0.25, -0.2) is 13.6 Å². The Balaban J connectivity index is 0.00000259. The summed E-state index contributed by atoms with van der Waals surface area (Å²) in [5.41, 5.74) is 13.5. The van der Waals surface area contributed by atoms with E-state index >= 15 is 8.78 Å². The summed E-state index contributed by atoms with van der Waals surface area (Å²) in [5, 5.41) is 3.83. The molecule has 0 fully saturated rings. The van der Waals surface area contributed by atoms with E-state index in [1.807, 2.05) is 6.92 Å². The van der Waals surface area contributed by atoms with Crippen LogP contribution in [0.4, 0.5) is 8.78 Å². The molecule has 2 aromatic heterocycles. The fourth-order valence-electron chi connectivity index (χ4n) is 4.75. The van der Waals surface area contributed by atoms with Crippen LogP contribution in [0.1, 0.15) is 50.3 Å². The molecule has 2 heterocycles. The number of benzene rings is 2. The van der Waals surface area contributed by atoms with E-state index in [0.29, 0.717) is 47.7 Å². The van der Waals surface area contributed by atoms with Gasteiger partial charge in [0.15, 0.2) is 5.82 Å². The standard InChI is InChI=1S/C31H36ClF2N7O.C2H4/c1-4-22(36)8-5-7-20-13-25(29(34)26(32)14-20)28-15-21-17-41(31(42)40-30(21)39-28)23-9-10-24(27(33)16-23)18(2)37-11-6-12-38-19(3)35;1-2/h4,9-10,13-18,22,37H,1,5-8,11-12,36H2,2-3H3,(H2,35,38)(H,39,40,42);1-2H2. The van der Waals surface area contributed by atoms with Crippen molar-refractivity contribution in [2.45, 2.75) is 51.6 Å². The first-order chi connectivity index (χ1) is 21.1. The van der Waals surface area contributed by atoms with Gasteiger partial charge in [-0.3, -0.25) is 9.56 Å². The molecule has 0 aliphatic rings. The number of H-pyrrole nitrogens is 1. The molecule has 4 aromatic rings. The van der Waals surface area contributed by atoms with Crippen molar-refractivity contribution in [1.82, 2.24) is 19.9 Å². The second kappa shape index (κ2) is 16.1. The minimum absolute atomic E-state index is 0.000145. The summed E-state index contributed by atoms with van der Waals surface area (Å²) >= 11 is 6.22. The van der Waals surface area contributed by atoms with E-state index in [9.17, 15) is 4.79 Å². The summed E-state index contributed by atoms with van der Waals surface area (Å²) in [6, 6.07) is 9.30. The Hall–Kier alpha value is -4.12. The maximum Gasteiger partial charge on any atom is 0.354 e. The molecular weight excluding hydrogens is 584 g/mol. The van der Waals surface area contributed by atoms with Gasteiger partial charge in [0.05, 0.1) is 22.2 Å². The van der Waals surface area contributed by atoms with Gasteiger partial charge in [-0.2, -0.15) is 4.98 Å². The van der Waals surface area contributed by atoms with Gasteiger partial charge in [-0.15, -0.1) is 19.7 Å². The largest absolute Gasteiger partial charge is 0.388 e. The number of amidine groups is 1. The van der Waals surface area contributed by atoms with E-state index in [2.05, 4.69) is 40.0 Å². The maximum atomic E-state index is 15.1. The number of halogens is 3. The van der Waals surface area contributed by atoms with Crippen molar-refractivity contribution in [2.24, 2.45) is 16.5 Å². The minimum Gasteiger partial charge on any atom is -0.388 e. The molecule has 2 unspecified atom stereocenters. The highest BCUT2D eigenvalue weighted by Crippen LogP contribution is 2.31. The number of rotatable bonds is 13. The van der Waals surface area contributed by atoms with Gasteiger partial charge in [0.2, 0.25) is 0 Å². The third kappa shape index (κ3) is 8.72. The molecule has 234 valence electrons. The van der Waals surface area contributed by atoms with Crippen molar-refractivity contribution in [3.05, 3.63) is 107 Å². The molecule has 8 nitrogen and oxygen atoms in total. The normalized spacial score (nSPS) is 12.9. The van der Waals surface area contributed by atoms with Crippen LogP contribution < -0.4 is 22.5 Å². The van der Waals surface area contributed by atoms with E-state index in [-0.39, 0.29) is 28.3 Å². The molecule has 2 aromatic carbocycles. The van der Waals surface area contributed by atoms with Crippen molar-refractivity contribution in [2.75, 3.05) is 13.1 Å². The summed E-state index contributed by atoms with van der Waals surface area (Å²) in [6.07, 6.45) is 6.22. The van der Waals surface area contributed by atoms with E-state index in [0.717, 1.165) is 24.8 Å². The summed E-state index contributed by atoms with van der Waals surface area (Å²) < 4.78 is 31.5. The van der Waals surface area contributed by atoms with Crippen LogP contribution in [-0.4, -0.2) is 39.5 Å². The van der Waals surface area contributed by atoms with Gasteiger partial charge in [0.1, 0.15) is 11.5 Å². The molecule has 0 aliphatic carbocycles. The van der Waals surface area contributed by atoms with Crippen molar-refractivity contribution in [3.63, 3.8) is 0 Å². The number of nitrogens with two attached hydrogens (primary N) is 2. The molecule has 44 heavy (non-hydrogen) atoms. The van der Waals surface area contributed by atoms with Crippen LogP contribution in [0, 0.1) is 11.6 Å². The van der Waals surface area contributed by atoms with E-state index in [4.69, 9.17) is 23.1 Å². The minimum atomic E-state index is -0.601. The number of aromatic nitrogens is 3. The first-order valence-corrected chi connectivity index (χ1v) is 14.7. The smallest absolute Gasteiger partial charge is 0.354 e. The Morgan fingerprint density at radius 3 is 2.66 bits per heavy atom. The zero-order valence-electron chi connectivity index (χ0n) is 25.2. The Morgan fingerprint density at radius 2 is 1.98 bits per heavy atom. The molecule has 0 saturated heterocycles. The van der Waals surface area contributed by atoms with Crippen molar-refractivity contribution in [1.29, 1.82) is 0 Å². The molecule has 11 heteroatoms. The Morgan fingerprint density at radius 1 is 1.23 bits per heavy atom. The number of aromatic amines is 1. The predicted molar refractivity (Wildman–Crippen MR) is 178 cm³/mol. The molecule has 0 spiro atoms. The average Bonchev–Trinajstić information content (AvgIpc) is 3.41. The van der Waals surface area contributed by atoms with Crippen LogP contribution in [0.15, 0.2) is 78.2 Å². The Bertz CT molecular complexity index is 1680. The van der Waals surface area contributed by atoms with E-state index in [1.54, 1.807) is 49.5 Å². The van der Waals surface area contributed by atoms with Gasteiger partial charge in [-0.05, 0) is 82.0 Å². The number of hydrogen-bond acceptors (Lipinski definition) is 5. The third-order valence-electron chi connectivity index (χ3n) is 7.07. The zero-order chi connectivity index (χ0) is 32.4. The first kappa shape index (κ1) is 34.4. The summed E-state index contributed by atoms with van der Waals surface area (Å²) in [5.74, 6) is -0.494. The molecule has 0 saturated carbocycles. The number of fused-ring (bicyclic) bond motifs is 1. The van der Waals surface area contributed by atoms with Crippen molar-refractivity contribution in [3.8, 4) is 16.9 Å². The summed E-state index contributed by atoms with van der Waals surface area (Å²) in [7, 11) is 0. The maximum absolute atomic E-state index is 15.1. The topological polar surface area (TPSA) is 127 Å². The molecule has 0 aliphatic heterocycles. The van der Waals surface area contributed by atoms with Crippen molar-refractivity contribution >= 4 is 28.5 Å². The van der Waals surface area contributed by atoms with Crippen LogP contribution in [0.25, 0.3) is 28.0 Å². The monoisotopic (exact) mass is 623 g/mol. The van der Waals surface area contributed by atoms with Crippen LogP contribution >= 0.6 is 11.6 Å². The lowest BCUT2D eigenvalue weighted by Crippen LogP contribution is -2.23. The van der Waals surface area contributed by atoms with E-state index < -0.39 is 17.3 Å². The second-order valence-electron chi connectivity index (χ2n) is 10.4. The van der Waals surface area contributed by atoms with Crippen molar-refractivity contribution < 1.29 is 8.78 Å². The molecule has 6 N–H and O–H groups in total. The van der Waals surface area contributed by atoms with Gasteiger partial charge in [-0.1, -0.05) is 23.7 Å². The van der Waals surface area contributed by atoms with E-state index in [1.165, 1.54) is 10.6 Å². The summed E-state index contributed by atoms with van der Waals surface area (Å²) in [4.78, 5) is 24.2. The lowest BCUT2D eigenvalue weighted by Gasteiger charge is -2.16. The molecule has 4 rings (SSSR count). The predicted octanol–water partition coefficient (Wildman–Crippen LogP) is 6.37. The van der Waals surface area contributed by atoms with Crippen LogP contribution in [-0.2, 0) is 6.42 Å². The second-order valence-corrected chi connectivity index (χ2v) is 10.8. The first-order valence-electron chi connectivity index (χ1n) is 14.4. The average molecular weight is 624 g/mol. The fourth-order valence-corrected chi connectivity index (χ4v) is 4.99. The van der Waals surface area contributed by atoms with Crippen LogP contribution in [0.3, 0.4) is 0 Å². The van der Waals surface area contributed by atoms with Gasteiger partial charge in [0.25, 0.3) is 0 Å². The van der Waals surface area contributed by atoms with Gasteiger partial charge in [0, 0.05) is 41.3 Å². The SMILES string of the molecule is C=C.C=CC(N)CCCc1cc(Cl)c(F)c(-c2cc3cn(-c4ccc(C(C)NCCCN=C(C)N)c(F)c4)c(=O)nc3[nH]2)c1. The molecular formula is C33H40ClF2N7O. The van der Waals surface area contributed by atoms with Gasteiger partial charge >= 0.3 is 5.69 Å². The molecule has 0 amide bonds. The Labute approximate surface area is 261 Å². The highest BCUT2D eigenvalue weighted by molar-refractivity contribution is 6.31. The lowest BCUT2D eigenvalue weighted by atomic mass is 10.0. The lowest BCUT2D eigenvalue weighted by molar-refractivity contribution is 0.523. The number of aliphatic imine (C=N–C) groups is 1. The zero-order valence-corrected chi connectivity index (χ0v) is 25.9. The quantitative estimate of drug-likeness (QED) is 0.0596. The van der Waals surface area contributed by atoms with Crippen LogP contribution in [0.5, 0.6) is 0 Å². The Kier molecular flexibility index (Phi) is 12.6. The highest BCUT2D eigenvalue weighted by Gasteiger charge is 2.17. The number of nitrogens with zero attached hydrogens (tertiary/aromatic N) is 3. The summed E-state index contributed by atoms with van der Waals surface area (Å²) in [6.45, 7) is 14.5. The number of hydrogen-bond donors (Lipinski definition) is 4. The van der Waals surface area contributed by atoms with Crippen LogP contribution in [0.2, 0.25) is 5.02 Å². The molecule has 2 atom stereocenters. The number of nitrogens with one attached hydrogen (secondary N) is 2. The number of aryl methyl sites for hydroxylation is 1. The fraction of sp³-hybridized carbons (Fsp3) is 0.303. The molecule has 0 radical (unpaired) electrons. The highest BCUT2D eigenvalue weighted by atomic mass is 35.5. The molecule has 0 bridgehead atoms. The van der Waals surface area contributed by atoms with Gasteiger partial charge < -0.3 is 21.8 Å². The third-order valence-corrected chi connectivity index (χ3v) is 7.34.